The van der Waals surface area contributed by atoms with E-state index in [1.807, 2.05) is 85.2 Å². The first-order valence-corrected chi connectivity index (χ1v) is 23.0. The molecule has 0 radical (unpaired) electrons. The predicted octanol–water partition coefficient (Wildman–Crippen LogP) is 8.22. The first-order valence-electron chi connectivity index (χ1n) is 23.0. The Morgan fingerprint density at radius 1 is 0.873 bits per heavy atom. The molecule has 12 nitrogen and oxygen atoms in total. The van der Waals surface area contributed by atoms with Crippen LogP contribution in [-0.4, -0.2) is 97.6 Å². The second-order valence-corrected chi connectivity index (χ2v) is 17.6. The maximum Gasteiger partial charge on any atom is 0.254 e. The zero-order valence-electron chi connectivity index (χ0n) is 39.1. The number of ether oxygens (including phenoxy) is 3. The fraction of sp³-hybridized carbons (Fsp3) is 0.549. The smallest absolute Gasteiger partial charge is 0.254 e. The lowest BCUT2D eigenvalue weighted by Crippen LogP contribution is -2.49. The summed E-state index contributed by atoms with van der Waals surface area (Å²) in [5.41, 5.74) is 4.61. The molecule has 5 atom stereocenters. The van der Waals surface area contributed by atoms with Gasteiger partial charge in [0.15, 0.2) is 5.78 Å². The molecule has 2 aliphatic rings. The van der Waals surface area contributed by atoms with Gasteiger partial charge in [-0.1, -0.05) is 71.6 Å². The van der Waals surface area contributed by atoms with E-state index in [0.717, 1.165) is 74.6 Å². The Morgan fingerprint density at radius 2 is 1.51 bits per heavy atom. The molecule has 63 heavy (non-hydrogen) atoms. The number of likely N-dealkylation sites (N-methyl/N-ethyl adjacent to an activating group) is 1. The van der Waals surface area contributed by atoms with Crippen LogP contribution >= 0.6 is 0 Å². The lowest BCUT2D eigenvalue weighted by atomic mass is 9.65. The lowest BCUT2D eigenvalue weighted by Gasteiger charge is -2.39. The van der Waals surface area contributed by atoms with E-state index in [1.54, 1.807) is 14.2 Å². The van der Waals surface area contributed by atoms with Crippen LogP contribution in [0.4, 0.5) is 0 Å². The molecule has 1 N–H and O–H groups in total. The Kier molecular flexibility index (Phi) is 17.6. The molecule has 5 unspecified atom stereocenters. The predicted molar refractivity (Wildman–Crippen MR) is 245 cm³/mol. The molecule has 5 rings (SSSR count). The molecule has 1 fully saturated rings. The largest absolute Gasteiger partial charge is 0.496 e. The summed E-state index contributed by atoms with van der Waals surface area (Å²) >= 11 is 0. The third-order valence-electron chi connectivity index (χ3n) is 12.9. The van der Waals surface area contributed by atoms with Gasteiger partial charge in [-0.3, -0.25) is 24.0 Å². The van der Waals surface area contributed by atoms with Crippen LogP contribution in [0.5, 0.6) is 17.2 Å². The van der Waals surface area contributed by atoms with Gasteiger partial charge in [0.1, 0.15) is 29.8 Å². The molecule has 0 spiro atoms. The number of Topliss-reactive ketones (excluding diaryl/α,β-unsaturated/α-hetero) is 1. The van der Waals surface area contributed by atoms with E-state index in [2.05, 4.69) is 26.1 Å². The van der Waals surface area contributed by atoms with E-state index in [-0.39, 0.29) is 43.3 Å². The summed E-state index contributed by atoms with van der Waals surface area (Å²) in [6.07, 6.45) is 7.80. The van der Waals surface area contributed by atoms with Gasteiger partial charge >= 0.3 is 0 Å². The number of fused-ring (bicyclic) bond motifs is 1. The maximum absolute atomic E-state index is 15.0. The average molecular weight is 867 g/mol. The molecule has 0 aromatic heterocycles. The van der Waals surface area contributed by atoms with Crippen LogP contribution in [0.25, 0.3) is 0 Å². The molecular formula is C51H70N4O8. The summed E-state index contributed by atoms with van der Waals surface area (Å²) in [6.45, 7) is 14.0. The van der Waals surface area contributed by atoms with E-state index in [9.17, 15) is 24.0 Å². The van der Waals surface area contributed by atoms with E-state index in [4.69, 9.17) is 14.2 Å². The van der Waals surface area contributed by atoms with Gasteiger partial charge in [-0.05, 0) is 104 Å². The molecule has 3 aromatic rings. The SMILES string of the molecule is CCCCCN(CCCCC)C(=O)C(C)C1C(=O)C(C(=O)N(C)CC(=O)NCc2c(OC)cc(C)cc2OC)C(C)c2ccc(OCc3ccc(C(=O)N4CCCC4C)cc3)cc21. The van der Waals surface area contributed by atoms with Crippen molar-refractivity contribution in [2.24, 2.45) is 11.8 Å². The number of carbonyl (C=O) groups excluding carboxylic acids is 5. The van der Waals surface area contributed by atoms with Crippen molar-refractivity contribution in [2.45, 2.75) is 124 Å². The zero-order valence-corrected chi connectivity index (χ0v) is 39.1. The van der Waals surface area contributed by atoms with Gasteiger partial charge in [0.2, 0.25) is 17.7 Å². The van der Waals surface area contributed by atoms with Crippen molar-refractivity contribution >= 4 is 29.4 Å². The minimum absolute atomic E-state index is 0.0383. The van der Waals surface area contributed by atoms with Crippen molar-refractivity contribution in [1.82, 2.24) is 20.0 Å². The summed E-state index contributed by atoms with van der Waals surface area (Å²) < 4.78 is 17.4. The fourth-order valence-electron chi connectivity index (χ4n) is 9.19. The van der Waals surface area contributed by atoms with Crippen molar-refractivity contribution in [3.8, 4) is 17.2 Å². The lowest BCUT2D eigenvalue weighted by molar-refractivity contribution is -0.147. The van der Waals surface area contributed by atoms with Gasteiger partial charge in [0.25, 0.3) is 5.91 Å². The monoisotopic (exact) mass is 867 g/mol. The summed E-state index contributed by atoms with van der Waals surface area (Å²) in [6, 6.07) is 17.0. The van der Waals surface area contributed by atoms with E-state index in [1.165, 1.54) is 11.9 Å². The number of ketones is 1. The normalized spacial score (nSPS) is 18.6. The topological polar surface area (TPSA) is 135 Å². The minimum Gasteiger partial charge on any atom is -0.496 e. The molecule has 342 valence electrons. The Bertz CT molecular complexity index is 2030. The number of benzene rings is 3. The Labute approximate surface area is 375 Å². The molecule has 3 aromatic carbocycles. The number of nitrogens with one attached hydrogen (secondary N) is 1. The number of rotatable bonds is 21. The average Bonchev–Trinajstić information content (AvgIpc) is 3.71. The van der Waals surface area contributed by atoms with Gasteiger partial charge in [-0.25, -0.2) is 0 Å². The molecule has 1 aliphatic carbocycles. The van der Waals surface area contributed by atoms with Gasteiger partial charge in [-0.15, -0.1) is 0 Å². The molecular weight excluding hydrogens is 797 g/mol. The summed E-state index contributed by atoms with van der Waals surface area (Å²) in [5.74, 6) is -2.93. The minimum atomic E-state index is -1.11. The molecule has 0 saturated carbocycles. The summed E-state index contributed by atoms with van der Waals surface area (Å²) in [7, 11) is 4.64. The molecule has 1 saturated heterocycles. The Morgan fingerprint density at radius 3 is 2.08 bits per heavy atom. The number of unbranched alkanes of at least 4 members (excludes halogenated alkanes) is 4. The quantitative estimate of drug-likeness (QED) is 0.0837. The third-order valence-corrected chi connectivity index (χ3v) is 12.9. The van der Waals surface area contributed by atoms with Crippen LogP contribution in [0.15, 0.2) is 54.6 Å². The number of methoxy groups -OCH3 is 2. The van der Waals surface area contributed by atoms with Gasteiger partial charge in [0.05, 0.1) is 38.8 Å². The molecule has 12 heteroatoms. The van der Waals surface area contributed by atoms with Crippen molar-refractivity contribution in [2.75, 3.05) is 47.4 Å². The van der Waals surface area contributed by atoms with E-state index < -0.39 is 35.5 Å². The number of hydrogen-bond acceptors (Lipinski definition) is 8. The highest BCUT2D eigenvalue weighted by atomic mass is 16.5. The number of nitrogens with zero attached hydrogens (tertiary/aromatic N) is 3. The summed E-state index contributed by atoms with van der Waals surface area (Å²) in [4.78, 5) is 75.5. The fourth-order valence-corrected chi connectivity index (χ4v) is 9.19. The van der Waals surface area contributed by atoms with Gasteiger partial charge in [0, 0.05) is 44.2 Å². The van der Waals surface area contributed by atoms with Gasteiger partial charge in [-0.2, -0.15) is 0 Å². The van der Waals surface area contributed by atoms with Crippen LogP contribution in [-0.2, 0) is 32.3 Å². The number of likely N-dealkylation sites (tertiary alicyclic amines) is 1. The second kappa shape index (κ2) is 22.8. The number of aryl methyl sites for hydroxylation is 1. The van der Waals surface area contributed by atoms with Crippen LogP contribution in [0.3, 0.4) is 0 Å². The standard InChI is InChI=1S/C51H70N4O8/c1-10-12-14-24-54(25-15-13-11-2)49(58)36(6)46-41-29-39(63-32-37-18-20-38(21-19-37)50(59)55-26-16-17-34(55)4)22-23-40(41)35(5)47(48(46)57)51(60)53(7)31-45(56)52-30-42-43(61-8)27-33(3)28-44(42)62-9/h18-23,27-29,34-36,46-47H,10-17,24-26,30-32H2,1-9H3,(H,52,56). The number of amides is 4. The zero-order chi connectivity index (χ0) is 45.8. The van der Waals surface area contributed by atoms with Crippen molar-refractivity contribution in [3.63, 3.8) is 0 Å². The maximum atomic E-state index is 15.0. The molecule has 0 bridgehead atoms. The Hall–Kier alpha value is -5.39. The number of hydrogen-bond donors (Lipinski definition) is 1. The van der Waals surface area contributed by atoms with E-state index in [0.29, 0.717) is 47.0 Å². The molecule has 4 amide bonds. The van der Waals surface area contributed by atoms with Crippen LogP contribution in [0.2, 0.25) is 0 Å². The molecule has 1 aliphatic heterocycles. The second-order valence-electron chi connectivity index (χ2n) is 17.6. The Balaban J connectivity index is 1.39. The molecule has 1 heterocycles. The van der Waals surface area contributed by atoms with Crippen LogP contribution in [0.1, 0.15) is 136 Å². The first-order chi connectivity index (χ1) is 30.2. The number of carbonyl (C=O) groups is 5. The van der Waals surface area contributed by atoms with Crippen molar-refractivity contribution in [3.05, 3.63) is 88.0 Å². The van der Waals surface area contributed by atoms with Crippen molar-refractivity contribution < 1.29 is 38.2 Å². The first kappa shape index (κ1) is 48.6. The highest BCUT2D eigenvalue weighted by molar-refractivity contribution is 6.08. The van der Waals surface area contributed by atoms with Gasteiger partial charge < -0.3 is 34.2 Å². The highest BCUT2D eigenvalue weighted by Gasteiger charge is 2.48. The van der Waals surface area contributed by atoms with Crippen LogP contribution < -0.4 is 19.5 Å². The van der Waals surface area contributed by atoms with E-state index >= 15 is 0 Å². The highest BCUT2D eigenvalue weighted by Crippen LogP contribution is 2.46. The summed E-state index contributed by atoms with van der Waals surface area (Å²) in [5, 5.41) is 2.88. The van der Waals surface area contributed by atoms with Crippen LogP contribution in [0, 0.1) is 18.8 Å². The van der Waals surface area contributed by atoms with Crippen molar-refractivity contribution in [1.29, 1.82) is 0 Å². The third kappa shape index (κ3) is 11.8.